The molecule has 35 heavy (non-hydrogen) atoms. The van der Waals surface area contributed by atoms with Crippen LogP contribution in [0.3, 0.4) is 0 Å². The number of imidazole rings is 1. The van der Waals surface area contributed by atoms with E-state index in [0.29, 0.717) is 17.5 Å². The van der Waals surface area contributed by atoms with Gasteiger partial charge in [-0.15, -0.1) is 0 Å². The smallest absolute Gasteiger partial charge is 0.326 e. The summed E-state index contributed by atoms with van der Waals surface area (Å²) in [5, 5.41) is 4.54. The van der Waals surface area contributed by atoms with E-state index in [0.717, 1.165) is 49.3 Å². The Bertz CT molecular complexity index is 1380. The Labute approximate surface area is 202 Å². The van der Waals surface area contributed by atoms with E-state index in [1.807, 2.05) is 36.4 Å². The van der Waals surface area contributed by atoms with Gasteiger partial charge in [0.15, 0.2) is 5.60 Å². The van der Waals surface area contributed by atoms with Crippen LogP contribution in [-0.4, -0.2) is 39.8 Å². The fourth-order valence-corrected chi connectivity index (χ4v) is 5.52. The summed E-state index contributed by atoms with van der Waals surface area (Å²) in [6.45, 7) is 2.40. The molecule has 178 valence electrons. The molecule has 6 rings (SSSR count). The largest absolute Gasteiger partial charge is 0.379 e. The maximum absolute atomic E-state index is 13.8. The van der Waals surface area contributed by atoms with E-state index in [1.54, 1.807) is 10.6 Å². The first-order chi connectivity index (χ1) is 17.1. The van der Waals surface area contributed by atoms with E-state index >= 15 is 0 Å². The van der Waals surface area contributed by atoms with Crippen LogP contribution in [0.4, 0.5) is 4.39 Å². The summed E-state index contributed by atoms with van der Waals surface area (Å²) >= 11 is 0. The third kappa shape index (κ3) is 3.96. The van der Waals surface area contributed by atoms with Crippen LogP contribution < -0.4 is 5.69 Å². The summed E-state index contributed by atoms with van der Waals surface area (Å²) in [7, 11) is 0. The predicted molar refractivity (Wildman–Crippen MR) is 134 cm³/mol. The topological polar surface area (TPSA) is 62.6 Å². The first-order valence-electron chi connectivity index (χ1n) is 12.1. The lowest BCUT2D eigenvalue weighted by Crippen LogP contribution is -2.40. The molecule has 2 aliphatic heterocycles. The number of nitrogens with one attached hydrogen (secondary N) is 1. The van der Waals surface area contributed by atoms with E-state index in [4.69, 9.17) is 4.84 Å². The SMILES string of the molecule is O=c1[nH]c2ccc(F)cc2n1C1CCN(CC2=NOC(c3ccccc3)(c3ccccc3)C2)CC1. The van der Waals surface area contributed by atoms with Crippen LogP contribution in [0.25, 0.3) is 11.0 Å². The van der Waals surface area contributed by atoms with Gasteiger partial charge < -0.3 is 9.82 Å². The monoisotopic (exact) mass is 470 g/mol. The number of hydrogen-bond donors (Lipinski definition) is 1. The second-order valence-electron chi connectivity index (χ2n) is 9.45. The van der Waals surface area contributed by atoms with Gasteiger partial charge >= 0.3 is 5.69 Å². The number of fused-ring (bicyclic) bond motifs is 1. The van der Waals surface area contributed by atoms with Gasteiger partial charge in [-0.3, -0.25) is 9.47 Å². The fraction of sp³-hybridized carbons (Fsp3) is 0.286. The quantitative estimate of drug-likeness (QED) is 0.455. The third-order valence-electron chi connectivity index (χ3n) is 7.27. The van der Waals surface area contributed by atoms with Crippen LogP contribution in [0.5, 0.6) is 0 Å². The average Bonchev–Trinajstić information content (AvgIpc) is 3.47. The van der Waals surface area contributed by atoms with Crippen LogP contribution in [0.2, 0.25) is 0 Å². The van der Waals surface area contributed by atoms with Crippen LogP contribution in [-0.2, 0) is 10.4 Å². The van der Waals surface area contributed by atoms with Crippen LogP contribution in [0.1, 0.15) is 36.4 Å². The number of likely N-dealkylation sites (tertiary alicyclic amines) is 1. The second-order valence-corrected chi connectivity index (χ2v) is 9.45. The van der Waals surface area contributed by atoms with Gasteiger partial charge in [0.05, 0.1) is 16.7 Å². The number of aromatic amines is 1. The summed E-state index contributed by atoms with van der Waals surface area (Å²) in [5.74, 6) is -0.331. The number of benzene rings is 3. The molecule has 0 unspecified atom stereocenters. The van der Waals surface area contributed by atoms with E-state index in [9.17, 15) is 9.18 Å². The van der Waals surface area contributed by atoms with Crippen LogP contribution in [0.15, 0.2) is 88.8 Å². The van der Waals surface area contributed by atoms with Crippen molar-refractivity contribution in [2.45, 2.75) is 30.9 Å². The number of halogens is 1. The summed E-state index contributed by atoms with van der Waals surface area (Å²) in [6.07, 6.45) is 2.34. The Balaban J connectivity index is 1.16. The number of oxime groups is 1. The van der Waals surface area contributed by atoms with Gasteiger partial charge in [-0.05, 0) is 31.0 Å². The Morgan fingerprint density at radius 1 is 0.971 bits per heavy atom. The Morgan fingerprint density at radius 2 is 1.63 bits per heavy atom. The minimum atomic E-state index is -0.613. The first-order valence-corrected chi connectivity index (χ1v) is 12.1. The van der Waals surface area contributed by atoms with Crippen molar-refractivity contribution in [3.05, 3.63) is 106 Å². The summed E-state index contributed by atoms with van der Waals surface area (Å²) in [6, 6.07) is 25.0. The molecule has 1 aromatic heterocycles. The summed E-state index contributed by atoms with van der Waals surface area (Å²) in [5.41, 5.74) is 3.73. The lowest BCUT2D eigenvalue weighted by atomic mass is 9.82. The van der Waals surface area contributed by atoms with E-state index < -0.39 is 5.60 Å². The average molecular weight is 471 g/mol. The van der Waals surface area contributed by atoms with Crippen molar-refractivity contribution in [3.8, 4) is 0 Å². The molecule has 0 amide bonds. The zero-order valence-corrected chi connectivity index (χ0v) is 19.4. The van der Waals surface area contributed by atoms with Gasteiger partial charge in [0.25, 0.3) is 0 Å². The molecule has 0 radical (unpaired) electrons. The molecular formula is C28H27FN4O2. The molecule has 4 aromatic rings. The number of nitrogens with zero attached hydrogens (tertiary/aromatic N) is 3. The molecule has 1 fully saturated rings. The third-order valence-corrected chi connectivity index (χ3v) is 7.27. The molecule has 3 aromatic carbocycles. The number of piperidine rings is 1. The normalized spacial score (nSPS) is 18.5. The highest BCUT2D eigenvalue weighted by Crippen LogP contribution is 2.41. The standard InChI is InChI=1S/C28H27FN4O2/c29-22-11-12-25-26(17-22)33(27(34)30-25)24-13-15-32(16-14-24)19-23-18-28(35-31-23,20-7-3-1-4-8-20)21-9-5-2-6-10-21/h1-12,17,24H,13-16,18-19H2,(H,30,34). The molecule has 7 heteroatoms. The van der Waals surface area contributed by atoms with Crippen molar-refractivity contribution in [1.29, 1.82) is 0 Å². The van der Waals surface area contributed by atoms with E-state index in [2.05, 4.69) is 39.3 Å². The molecular weight excluding hydrogens is 443 g/mol. The molecule has 0 atom stereocenters. The van der Waals surface area contributed by atoms with Gasteiger partial charge in [0.1, 0.15) is 5.82 Å². The van der Waals surface area contributed by atoms with Crippen molar-refractivity contribution in [2.24, 2.45) is 5.16 Å². The second kappa shape index (κ2) is 8.82. The van der Waals surface area contributed by atoms with Crippen LogP contribution in [0, 0.1) is 5.82 Å². The minimum Gasteiger partial charge on any atom is -0.379 e. The van der Waals surface area contributed by atoms with Crippen molar-refractivity contribution >= 4 is 16.7 Å². The molecule has 0 bridgehead atoms. The van der Waals surface area contributed by atoms with E-state index in [-0.39, 0.29) is 17.5 Å². The number of rotatable bonds is 5. The Morgan fingerprint density at radius 3 is 2.29 bits per heavy atom. The molecule has 0 spiro atoms. The van der Waals surface area contributed by atoms with Gasteiger partial charge in [-0.1, -0.05) is 65.8 Å². The lowest BCUT2D eigenvalue weighted by molar-refractivity contribution is 0.0112. The summed E-state index contributed by atoms with van der Waals surface area (Å²) in [4.78, 5) is 24.0. The molecule has 3 heterocycles. The summed E-state index contributed by atoms with van der Waals surface area (Å²) < 4.78 is 15.6. The molecule has 1 N–H and O–H groups in total. The van der Waals surface area contributed by atoms with Crippen molar-refractivity contribution < 1.29 is 9.23 Å². The maximum Gasteiger partial charge on any atom is 0.326 e. The number of hydrogen-bond acceptors (Lipinski definition) is 4. The van der Waals surface area contributed by atoms with Gasteiger partial charge in [-0.2, -0.15) is 0 Å². The fourth-order valence-electron chi connectivity index (χ4n) is 5.52. The molecule has 0 saturated carbocycles. The van der Waals surface area contributed by atoms with Gasteiger partial charge in [0.2, 0.25) is 0 Å². The maximum atomic E-state index is 13.8. The highest BCUT2D eigenvalue weighted by molar-refractivity contribution is 5.89. The van der Waals surface area contributed by atoms with Gasteiger partial charge in [0, 0.05) is 43.2 Å². The highest BCUT2D eigenvalue weighted by atomic mass is 19.1. The van der Waals surface area contributed by atoms with Crippen molar-refractivity contribution in [2.75, 3.05) is 19.6 Å². The molecule has 1 saturated heterocycles. The predicted octanol–water partition coefficient (Wildman–Crippen LogP) is 4.83. The Kier molecular flexibility index (Phi) is 5.49. The molecule has 6 nitrogen and oxygen atoms in total. The lowest BCUT2D eigenvalue weighted by Gasteiger charge is -2.32. The number of H-pyrrole nitrogens is 1. The zero-order valence-electron chi connectivity index (χ0n) is 19.4. The number of aromatic nitrogens is 2. The highest BCUT2D eigenvalue weighted by Gasteiger charge is 2.43. The first kappa shape index (κ1) is 21.8. The van der Waals surface area contributed by atoms with Crippen molar-refractivity contribution in [1.82, 2.24) is 14.5 Å². The zero-order chi connectivity index (χ0) is 23.8. The minimum absolute atomic E-state index is 0.0452. The van der Waals surface area contributed by atoms with E-state index in [1.165, 1.54) is 12.1 Å². The van der Waals surface area contributed by atoms with Crippen molar-refractivity contribution in [3.63, 3.8) is 0 Å². The Hall–Kier alpha value is -3.71. The van der Waals surface area contributed by atoms with Crippen LogP contribution >= 0.6 is 0 Å². The molecule has 0 aliphatic carbocycles. The van der Waals surface area contributed by atoms with Gasteiger partial charge in [-0.25, -0.2) is 9.18 Å². The molecule has 2 aliphatic rings.